The molecule has 1 amide bonds. The van der Waals surface area contributed by atoms with Gasteiger partial charge in [0.05, 0.1) is 12.1 Å². The maximum absolute atomic E-state index is 12.9. The van der Waals surface area contributed by atoms with Crippen LogP contribution in [0.2, 0.25) is 0 Å². The molecule has 2 atom stereocenters. The molecule has 3 heteroatoms. The van der Waals surface area contributed by atoms with Gasteiger partial charge < -0.3 is 0 Å². The molecule has 0 bridgehead atoms. The lowest BCUT2D eigenvalue weighted by atomic mass is 9.78. The number of hydrogen-bond acceptors (Lipinski definition) is 2. The quantitative estimate of drug-likeness (QED) is 0.753. The van der Waals surface area contributed by atoms with E-state index in [1.807, 2.05) is 30.3 Å². The Bertz CT molecular complexity index is 510. The van der Waals surface area contributed by atoms with Crippen LogP contribution in [0, 0.1) is 10.8 Å². The van der Waals surface area contributed by atoms with Gasteiger partial charge in [-0.3, -0.25) is 9.63 Å². The first-order chi connectivity index (χ1) is 10.1. The number of hydrogen-bond donors (Lipinski definition) is 0. The largest absolute Gasteiger partial charge is 0.277 e. The second kappa shape index (κ2) is 6.04. The molecule has 1 aromatic rings. The van der Waals surface area contributed by atoms with Crippen LogP contribution in [0.1, 0.15) is 64.7 Å². The van der Waals surface area contributed by atoms with E-state index < -0.39 is 0 Å². The summed E-state index contributed by atoms with van der Waals surface area (Å²) in [6.07, 6.45) is 2.03. The first-order valence-corrected chi connectivity index (χ1v) is 8.16. The lowest BCUT2D eigenvalue weighted by Crippen LogP contribution is -2.54. The Labute approximate surface area is 134 Å². The maximum atomic E-state index is 12.9. The van der Waals surface area contributed by atoms with Crippen LogP contribution in [-0.4, -0.2) is 23.1 Å². The zero-order valence-corrected chi connectivity index (χ0v) is 14.7. The molecule has 0 N–H and O–H groups in total. The lowest BCUT2D eigenvalue weighted by molar-refractivity contribution is -0.253. The van der Waals surface area contributed by atoms with Crippen molar-refractivity contribution in [1.29, 1.82) is 0 Å². The second-order valence-electron chi connectivity index (χ2n) is 8.42. The van der Waals surface area contributed by atoms with Crippen LogP contribution in [0.3, 0.4) is 0 Å². The Kier molecular flexibility index (Phi) is 4.67. The number of amides is 1. The molecule has 122 valence electrons. The number of hydroxylamine groups is 2. The van der Waals surface area contributed by atoms with Gasteiger partial charge in [0.25, 0.3) is 5.91 Å². The molecule has 0 aliphatic carbocycles. The Morgan fingerprint density at radius 3 is 2.09 bits per heavy atom. The molecular formula is C19H29NO2. The Morgan fingerprint density at radius 1 is 1.00 bits per heavy atom. The average Bonchev–Trinajstić information content (AvgIpc) is 2.45. The van der Waals surface area contributed by atoms with E-state index in [4.69, 9.17) is 4.84 Å². The molecule has 1 aromatic carbocycles. The summed E-state index contributed by atoms with van der Waals surface area (Å²) in [6, 6.07) is 9.51. The summed E-state index contributed by atoms with van der Waals surface area (Å²) in [5.74, 6) is -0.0329. The number of carbonyl (C=O) groups is 1. The fourth-order valence-corrected chi connectivity index (χ4v) is 2.96. The van der Waals surface area contributed by atoms with Crippen LogP contribution in [0.5, 0.6) is 0 Å². The summed E-state index contributed by atoms with van der Waals surface area (Å²) in [4.78, 5) is 19.1. The van der Waals surface area contributed by atoms with E-state index in [-0.39, 0.29) is 28.9 Å². The van der Waals surface area contributed by atoms with E-state index >= 15 is 0 Å². The highest BCUT2D eigenvalue weighted by Gasteiger charge is 2.42. The van der Waals surface area contributed by atoms with E-state index in [1.165, 1.54) is 0 Å². The molecule has 0 aromatic heterocycles. The predicted octanol–water partition coefficient (Wildman–Crippen LogP) is 4.68. The first kappa shape index (κ1) is 17.0. The van der Waals surface area contributed by atoms with Crippen LogP contribution in [0.25, 0.3) is 0 Å². The molecule has 0 unspecified atom stereocenters. The molecule has 0 saturated carbocycles. The Hall–Kier alpha value is -1.35. The highest BCUT2D eigenvalue weighted by Crippen LogP contribution is 2.38. The van der Waals surface area contributed by atoms with Crippen molar-refractivity contribution < 1.29 is 9.63 Å². The van der Waals surface area contributed by atoms with Crippen LogP contribution >= 0.6 is 0 Å². The minimum atomic E-state index is -0.0329. The molecule has 1 heterocycles. The van der Waals surface area contributed by atoms with Crippen LogP contribution in [0.15, 0.2) is 30.3 Å². The van der Waals surface area contributed by atoms with E-state index in [2.05, 4.69) is 41.5 Å². The molecule has 22 heavy (non-hydrogen) atoms. The zero-order chi connectivity index (χ0) is 16.5. The van der Waals surface area contributed by atoms with Crippen LogP contribution in [-0.2, 0) is 4.84 Å². The minimum Gasteiger partial charge on any atom is -0.267 e. The Morgan fingerprint density at radius 2 is 1.59 bits per heavy atom. The van der Waals surface area contributed by atoms with Gasteiger partial charge in [-0.15, -0.1) is 0 Å². The zero-order valence-electron chi connectivity index (χ0n) is 14.7. The van der Waals surface area contributed by atoms with Gasteiger partial charge in [0.15, 0.2) is 0 Å². The van der Waals surface area contributed by atoms with E-state index in [0.717, 1.165) is 12.8 Å². The van der Waals surface area contributed by atoms with Gasteiger partial charge >= 0.3 is 0 Å². The SMILES string of the molecule is CC(C)(C)[C@@H]1CC[C@H](C(C)(C)C)ON1C(=O)c1ccccc1. The average molecular weight is 303 g/mol. The van der Waals surface area contributed by atoms with Crippen molar-refractivity contribution in [2.75, 3.05) is 0 Å². The van der Waals surface area contributed by atoms with Crippen molar-refractivity contribution >= 4 is 5.91 Å². The van der Waals surface area contributed by atoms with Crippen molar-refractivity contribution in [2.45, 2.75) is 66.5 Å². The maximum Gasteiger partial charge on any atom is 0.277 e. The number of rotatable bonds is 1. The predicted molar refractivity (Wildman–Crippen MR) is 89.4 cm³/mol. The lowest BCUT2D eigenvalue weighted by Gasteiger charge is -2.47. The van der Waals surface area contributed by atoms with Gasteiger partial charge in [-0.2, -0.15) is 0 Å². The molecule has 1 aliphatic rings. The minimum absolute atomic E-state index is 0.00665. The fourth-order valence-electron chi connectivity index (χ4n) is 2.96. The standard InChI is InChI=1S/C19H29NO2/c1-18(2,3)15-12-13-16(19(4,5)6)22-20(15)17(21)14-10-8-7-9-11-14/h7-11,15-16H,12-13H2,1-6H3/t15-,16+/m0/s1. The third-order valence-electron chi connectivity index (χ3n) is 4.41. The summed E-state index contributed by atoms with van der Waals surface area (Å²) < 4.78 is 0. The molecule has 1 saturated heterocycles. The third-order valence-corrected chi connectivity index (χ3v) is 4.41. The summed E-state index contributed by atoms with van der Waals surface area (Å²) in [7, 11) is 0. The second-order valence-corrected chi connectivity index (χ2v) is 8.42. The molecule has 0 radical (unpaired) electrons. The number of carbonyl (C=O) groups excluding carboxylic acids is 1. The fraction of sp³-hybridized carbons (Fsp3) is 0.632. The van der Waals surface area contributed by atoms with E-state index in [0.29, 0.717) is 5.56 Å². The van der Waals surface area contributed by atoms with Crippen molar-refractivity contribution in [3.63, 3.8) is 0 Å². The smallest absolute Gasteiger partial charge is 0.267 e. The monoisotopic (exact) mass is 303 g/mol. The molecule has 0 spiro atoms. The summed E-state index contributed by atoms with van der Waals surface area (Å²) >= 11 is 0. The molecule has 2 rings (SSSR count). The van der Waals surface area contributed by atoms with Crippen molar-refractivity contribution in [3.05, 3.63) is 35.9 Å². The topological polar surface area (TPSA) is 29.5 Å². The van der Waals surface area contributed by atoms with Crippen LogP contribution in [0.4, 0.5) is 0 Å². The van der Waals surface area contributed by atoms with Crippen molar-refractivity contribution in [1.82, 2.24) is 5.06 Å². The van der Waals surface area contributed by atoms with Gasteiger partial charge in [-0.05, 0) is 35.8 Å². The first-order valence-electron chi connectivity index (χ1n) is 8.16. The molecule has 1 fully saturated rings. The summed E-state index contributed by atoms with van der Waals surface area (Å²) in [5.41, 5.74) is 0.706. The number of benzene rings is 1. The van der Waals surface area contributed by atoms with Crippen molar-refractivity contribution in [2.24, 2.45) is 10.8 Å². The van der Waals surface area contributed by atoms with E-state index in [1.54, 1.807) is 5.06 Å². The van der Waals surface area contributed by atoms with Crippen molar-refractivity contribution in [3.8, 4) is 0 Å². The normalized spacial score (nSPS) is 23.5. The highest BCUT2D eigenvalue weighted by molar-refractivity contribution is 5.93. The van der Waals surface area contributed by atoms with Gasteiger partial charge in [0, 0.05) is 5.56 Å². The molecular weight excluding hydrogens is 274 g/mol. The third kappa shape index (κ3) is 3.70. The highest BCUT2D eigenvalue weighted by atomic mass is 16.7. The number of nitrogens with zero attached hydrogens (tertiary/aromatic N) is 1. The molecule has 1 aliphatic heterocycles. The van der Waals surface area contributed by atoms with Crippen LogP contribution < -0.4 is 0 Å². The Balaban J connectivity index is 2.30. The van der Waals surface area contributed by atoms with E-state index in [9.17, 15) is 4.79 Å². The summed E-state index contributed by atoms with van der Waals surface area (Å²) in [6.45, 7) is 13.0. The van der Waals surface area contributed by atoms with Gasteiger partial charge in [0.2, 0.25) is 0 Å². The van der Waals surface area contributed by atoms with Gasteiger partial charge in [-0.25, -0.2) is 5.06 Å². The molecule has 3 nitrogen and oxygen atoms in total. The summed E-state index contributed by atoms with van der Waals surface area (Å²) in [5, 5.41) is 1.65. The van der Waals surface area contributed by atoms with Gasteiger partial charge in [0.1, 0.15) is 0 Å². The van der Waals surface area contributed by atoms with Gasteiger partial charge in [-0.1, -0.05) is 59.7 Å².